The van der Waals surface area contributed by atoms with Crippen LogP contribution in [0.1, 0.15) is 36.2 Å². The second kappa shape index (κ2) is 4.79. The average molecular weight is 286 g/mol. The molecule has 1 aromatic rings. The number of ether oxygens (including phenoxy) is 1. The van der Waals surface area contributed by atoms with E-state index in [0.717, 1.165) is 19.4 Å². The molecule has 0 spiro atoms. The fourth-order valence-corrected chi connectivity index (χ4v) is 2.32. The van der Waals surface area contributed by atoms with Gasteiger partial charge in [-0.15, -0.1) is 0 Å². The van der Waals surface area contributed by atoms with E-state index in [1.807, 2.05) is 6.92 Å². The van der Waals surface area contributed by atoms with E-state index in [-0.39, 0.29) is 18.8 Å². The molecule has 1 aliphatic rings. The van der Waals surface area contributed by atoms with Crippen molar-refractivity contribution >= 4 is 5.78 Å². The van der Waals surface area contributed by atoms with Gasteiger partial charge >= 0.3 is 6.18 Å². The maximum absolute atomic E-state index is 12.9. The van der Waals surface area contributed by atoms with Crippen LogP contribution in [0.2, 0.25) is 0 Å². The molecule has 0 saturated heterocycles. The highest BCUT2D eigenvalue weighted by Gasteiger charge is 2.49. The Balaban J connectivity index is 2.22. The summed E-state index contributed by atoms with van der Waals surface area (Å²) in [6.45, 7) is 4.11. The predicted octanol–water partition coefficient (Wildman–Crippen LogP) is 4.16. The van der Waals surface area contributed by atoms with Gasteiger partial charge in [-0.3, -0.25) is 4.79 Å². The van der Waals surface area contributed by atoms with Crippen molar-refractivity contribution in [1.29, 1.82) is 0 Å². The Bertz CT molecular complexity index is 532. The van der Waals surface area contributed by atoms with Gasteiger partial charge in [-0.2, -0.15) is 13.2 Å². The first kappa shape index (κ1) is 14.9. The van der Waals surface area contributed by atoms with Crippen LogP contribution in [0.15, 0.2) is 18.2 Å². The molecule has 0 bridgehead atoms. The first-order valence-corrected chi connectivity index (χ1v) is 6.46. The van der Waals surface area contributed by atoms with Crippen LogP contribution in [0.25, 0.3) is 0 Å². The Kier molecular flexibility index (Phi) is 3.56. The fourth-order valence-electron chi connectivity index (χ4n) is 2.32. The van der Waals surface area contributed by atoms with Crippen molar-refractivity contribution in [3.8, 4) is 5.75 Å². The zero-order valence-corrected chi connectivity index (χ0v) is 11.7. The summed E-state index contributed by atoms with van der Waals surface area (Å²) >= 11 is 0. The molecule has 5 heteroatoms. The summed E-state index contributed by atoms with van der Waals surface area (Å²) < 4.78 is 44.2. The maximum atomic E-state index is 12.9. The van der Waals surface area contributed by atoms with Crippen molar-refractivity contribution in [1.82, 2.24) is 0 Å². The lowest BCUT2D eigenvalue weighted by Crippen LogP contribution is -2.39. The van der Waals surface area contributed by atoms with Crippen LogP contribution < -0.4 is 4.74 Å². The molecule has 0 aromatic heterocycles. The maximum Gasteiger partial charge on any atom is 0.394 e. The van der Waals surface area contributed by atoms with Gasteiger partial charge in [0.05, 0.1) is 23.5 Å². The molecular formula is C15H17F3O2. The van der Waals surface area contributed by atoms with Crippen molar-refractivity contribution in [3.05, 3.63) is 29.3 Å². The zero-order valence-electron chi connectivity index (χ0n) is 11.7. The molecule has 2 nitrogen and oxygen atoms in total. The van der Waals surface area contributed by atoms with E-state index in [4.69, 9.17) is 4.74 Å². The minimum absolute atomic E-state index is 0.00873. The lowest BCUT2D eigenvalue weighted by molar-refractivity contribution is -0.216. The van der Waals surface area contributed by atoms with E-state index in [9.17, 15) is 18.0 Å². The minimum atomic E-state index is -4.33. The van der Waals surface area contributed by atoms with Crippen molar-refractivity contribution in [2.24, 2.45) is 11.3 Å². The van der Waals surface area contributed by atoms with E-state index >= 15 is 0 Å². The zero-order chi connectivity index (χ0) is 15.1. The number of hydrogen-bond acceptors (Lipinski definition) is 2. The van der Waals surface area contributed by atoms with Gasteiger partial charge in [0.25, 0.3) is 0 Å². The SMILES string of the molecule is Cc1ccc2c(c1)OC[C@H](CC(C)(C)C(F)(F)F)C2=O. The van der Waals surface area contributed by atoms with Crippen molar-refractivity contribution in [2.75, 3.05) is 6.61 Å². The monoisotopic (exact) mass is 286 g/mol. The predicted molar refractivity (Wildman–Crippen MR) is 68.9 cm³/mol. The van der Waals surface area contributed by atoms with Crippen LogP contribution >= 0.6 is 0 Å². The quantitative estimate of drug-likeness (QED) is 0.815. The Morgan fingerprint density at radius 1 is 1.30 bits per heavy atom. The molecule has 2 rings (SSSR count). The molecule has 0 radical (unpaired) electrons. The third-order valence-electron chi connectivity index (χ3n) is 3.74. The molecule has 110 valence electrons. The Labute approximate surface area is 115 Å². The fraction of sp³-hybridized carbons (Fsp3) is 0.533. The van der Waals surface area contributed by atoms with Gasteiger partial charge in [0.15, 0.2) is 5.78 Å². The highest BCUT2D eigenvalue weighted by Crippen LogP contribution is 2.44. The van der Waals surface area contributed by atoms with Crippen LogP contribution in [0.3, 0.4) is 0 Å². The van der Waals surface area contributed by atoms with Gasteiger partial charge < -0.3 is 4.74 Å². The number of alkyl halides is 3. The molecule has 0 fully saturated rings. The highest BCUT2D eigenvalue weighted by molar-refractivity contribution is 6.01. The number of benzene rings is 1. The number of ketones is 1. The normalized spacial score (nSPS) is 19.5. The molecular weight excluding hydrogens is 269 g/mol. The number of Topliss-reactive ketones (excluding diaryl/α,β-unsaturated/α-hetero) is 1. The van der Waals surface area contributed by atoms with Crippen LogP contribution in [-0.2, 0) is 0 Å². The van der Waals surface area contributed by atoms with E-state index in [1.165, 1.54) is 0 Å². The molecule has 0 saturated carbocycles. The van der Waals surface area contributed by atoms with Crippen LogP contribution in [-0.4, -0.2) is 18.6 Å². The molecule has 0 amide bonds. The van der Waals surface area contributed by atoms with Crippen LogP contribution in [0.5, 0.6) is 5.75 Å². The summed E-state index contributed by atoms with van der Waals surface area (Å²) in [5.41, 5.74) is -0.575. The van der Waals surface area contributed by atoms with Gasteiger partial charge in [-0.1, -0.05) is 19.9 Å². The van der Waals surface area contributed by atoms with Gasteiger partial charge in [-0.25, -0.2) is 0 Å². The first-order chi connectivity index (χ1) is 9.12. The van der Waals surface area contributed by atoms with E-state index in [1.54, 1.807) is 18.2 Å². The smallest absolute Gasteiger partial charge is 0.394 e. The minimum Gasteiger partial charge on any atom is -0.492 e. The average Bonchev–Trinajstić information content (AvgIpc) is 2.31. The number of aryl methyl sites for hydroxylation is 1. The summed E-state index contributed by atoms with van der Waals surface area (Å²) in [7, 11) is 0. The summed E-state index contributed by atoms with van der Waals surface area (Å²) in [4.78, 5) is 12.3. The second-order valence-electron chi connectivity index (χ2n) is 5.96. The lowest BCUT2D eigenvalue weighted by Gasteiger charge is -2.33. The Morgan fingerprint density at radius 2 is 1.95 bits per heavy atom. The Hall–Kier alpha value is -1.52. The summed E-state index contributed by atoms with van der Waals surface area (Å²) in [5.74, 6) is -0.540. The van der Waals surface area contributed by atoms with Crippen molar-refractivity contribution in [2.45, 2.75) is 33.4 Å². The number of rotatable bonds is 2. The topological polar surface area (TPSA) is 26.3 Å². The van der Waals surface area contributed by atoms with Gasteiger partial charge in [-0.05, 0) is 31.0 Å². The van der Waals surface area contributed by atoms with Gasteiger partial charge in [0.1, 0.15) is 5.75 Å². The lowest BCUT2D eigenvalue weighted by atomic mass is 9.78. The van der Waals surface area contributed by atoms with E-state index in [2.05, 4.69) is 0 Å². The number of fused-ring (bicyclic) bond motifs is 1. The molecule has 0 aliphatic carbocycles. The number of carbonyl (C=O) groups is 1. The van der Waals surface area contributed by atoms with Crippen molar-refractivity contribution < 1.29 is 22.7 Å². The largest absolute Gasteiger partial charge is 0.492 e. The molecule has 1 aromatic carbocycles. The highest BCUT2D eigenvalue weighted by atomic mass is 19.4. The molecule has 1 heterocycles. The summed E-state index contributed by atoms with van der Waals surface area (Å²) in [5, 5.41) is 0. The first-order valence-electron chi connectivity index (χ1n) is 6.46. The molecule has 1 aliphatic heterocycles. The van der Waals surface area contributed by atoms with Crippen molar-refractivity contribution in [3.63, 3.8) is 0 Å². The molecule has 0 unspecified atom stereocenters. The molecule has 0 N–H and O–H groups in total. The van der Waals surface area contributed by atoms with E-state index < -0.39 is 17.5 Å². The Morgan fingerprint density at radius 3 is 2.55 bits per heavy atom. The summed E-state index contributed by atoms with van der Waals surface area (Å²) in [6.07, 6.45) is -4.59. The molecule has 1 atom stereocenters. The summed E-state index contributed by atoms with van der Waals surface area (Å²) in [6, 6.07) is 5.12. The number of halogens is 3. The van der Waals surface area contributed by atoms with Gasteiger partial charge in [0.2, 0.25) is 0 Å². The van der Waals surface area contributed by atoms with E-state index in [0.29, 0.717) is 11.3 Å². The third kappa shape index (κ3) is 2.67. The second-order valence-corrected chi connectivity index (χ2v) is 5.96. The number of hydrogen-bond donors (Lipinski definition) is 0. The van der Waals surface area contributed by atoms with Gasteiger partial charge in [0, 0.05) is 0 Å². The van der Waals surface area contributed by atoms with Crippen LogP contribution in [0, 0.1) is 18.3 Å². The standard InChI is InChI=1S/C15H17F3O2/c1-9-4-5-11-12(6-9)20-8-10(13(11)19)7-14(2,3)15(16,17)18/h4-6,10H,7-8H2,1-3H3/t10-/m0/s1. The third-order valence-corrected chi connectivity index (χ3v) is 3.74. The number of carbonyl (C=O) groups excluding carboxylic acids is 1. The molecule has 20 heavy (non-hydrogen) atoms. The van der Waals surface area contributed by atoms with Crippen LogP contribution in [0.4, 0.5) is 13.2 Å².